The number of rotatable bonds is 4. The zero-order valence-corrected chi connectivity index (χ0v) is 14.9. The first-order chi connectivity index (χ1) is 11.8. The lowest BCUT2D eigenvalue weighted by molar-refractivity contribution is 0.0909. The van der Waals surface area contributed by atoms with Crippen LogP contribution in [0.4, 0.5) is 5.69 Å². The molecule has 1 N–H and O–H groups in total. The van der Waals surface area contributed by atoms with Gasteiger partial charge in [-0.3, -0.25) is 4.90 Å². The Balaban J connectivity index is 1.22. The molecule has 1 atom stereocenters. The van der Waals surface area contributed by atoms with Crippen LogP contribution in [-0.4, -0.2) is 75.2 Å². The average molecular weight is 329 g/mol. The van der Waals surface area contributed by atoms with Crippen molar-refractivity contribution in [3.63, 3.8) is 0 Å². The smallest absolute Gasteiger partial charge is 0.0367 e. The van der Waals surface area contributed by atoms with Crippen molar-refractivity contribution >= 4 is 5.69 Å². The average Bonchev–Trinajstić information content (AvgIpc) is 3.09. The Kier molecular flexibility index (Phi) is 5.06. The summed E-state index contributed by atoms with van der Waals surface area (Å²) >= 11 is 0. The number of benzene rings is 1. The van der Waals surface area contributed by atoms with Crippen LogP contribution in [0, 0.1) is 5.41 Å². The second kappa shape index (κ2) is 7.42. The number of nitrogens with one attached hydrogen (secondary N) is 1. The highest BCUT2D eigenvalue weighted by Crippen LogP contribution is 2.35. The van der Waals surface area contributed by atoms with Gasteiger partial charge in [-0.15, -0.1) is 0 Å². The highest BCUT2D eigenvalue weighted by atomic mass is 15.3. The molecule has 0 aliphatic carbocycles. The molecule has 24 heavy (non-hydrogen) atoms. The maximum Gasteiger partial charge on any atom is 0.0367 e. The summed E-state index contributed by atoms with van der Waals surface area (Å²) in [6.07, 6.45) is 4.22. The summed E-state index contributed by atoms with van der Waals surface area (Å²) < 4.78 is 0. The molecular formula is C20H32N4. The van der Waals surface area contributed by atoms with Gasteiger partial charge in [0.1, 0.15) is 0 Å². The van der Waals surface area contributed by atoms with Crippen molar-refractivity contribution in [3.05, 3.63) is 30.3 Å². The predicted molar refractivity (Wildman–Crippen MR) is 101 cm³/mol. The highest BCUT2D eigenvalue weighted by Gasteiger charge is 2.37. The van der Waals surface area contributed by atoms with E-state index in [-0.39, 0.29) is 0 Å². The van der Waals surface area contributed by atoms with E-state index in [4.69, 9.17) is 0 Å². The quantitative estimate of drug-likeness (QED) is 0.911. The van der Waals surface area contributed by atoms with Gasteiger partial charge in [0.05, 0.1) is 0 Å². The molecule has 3 saturated heterocycles. The minimum atomic E-state index is 0.601. The van der Waals surface area contributed by atoms with Crippen LogP contribution in [0.15, 0.2) is 30.3 Å². The SMILES string of the molecule is c1ccc(N2CCN(CCN3CCC[C@]4(CCNC4)C3)CC2)cc1. The summed E-state index contributed by atoms with van der Waals surface area (Å²) in [5.74, 6) is 0. The van der Waals surface area contributed by atoms with Gasteiger partial charge in [0, 0.05) is 58.0 Å². The van der Waals surface area contributed by atoms with Crippen molar-refractivity contribution in [2.24, 2.45) is 5.41 Å². The summed E-state index contributed by atoms with van der Waals surface area (Å²) in [4.78, 5) is 7.92. The van der Waals surface area contributed by atoms with Gasteiger partial charge in [-0.05, 0) is 49.9 Å². The van der Waals surface area contributed by atoms with Gasteiger partial charge >= 0.3 is 0 Å². The van der Waals surface area contributed by atoms with E-state index in [1.54, 1.807) is 0 Å². The van der Waals surface area contributed by atoms with E-state index in [1.807, 2.05) is 0 Å². The number of likely N-dealkylation sites (tertiary alicyclic amines) is 1. The topological polar surface area (TPSA) is 21.8 Å². The number of anilines is 1. The molecule has 0 unspecified atom stereocenters. The molecule has 0 saturated carbocycles. The molecule has 132 valence electrons. The zero-order chi connectivity index (χ0) is 16.2. The molecule has 4 heteroatoms. The molecular weight excluding hydrogens is 296 g/mol. The van der Waals surface area contributed by atoms with Crippen molar-refractivity contribution in [1.29, 1.82) is 0 Å². The van der Waals surface area contributed by atoms with E-state index in [9.17, 15) is 0 Å². The Morgan fingerprint density at radius 3 is 2.42 bits per heavy atom. The highest BCUT2D eigenvalue weighted by molar-refractivity contribution is 5.46. The summed E-state index contributed by atoms with van der Waals surface area (Å²) in [5, 5.41) is 3.59. The zero-order valence-electron chi connectivity index (χ0n) is 14.9. The van der Waals surface area contributed by atoms with Gasteiger partial charge in [-0.2, -0.15) is 0 Å². The second-order valence-electron chi connectivity index (χ2n) is 7.97. The van der Waals surface area contributed by atoms with Crippen LogP contribution < -0.4 is 10.2 Å². The summed E-state index contributed by atoms with van der Waals surface area (Å²) in [7, 11) is 0. The van der Waals surface area contributed by atoms with Crippen LogP contribution in [0.3, 0.4) is 0 Å². The third-order valence-electron chi connectivity index (χ3n) is 6.30. The standard InChI is InChI=1S/C20H32N4/c1-2-5-19(6-3-1)24-15-13-22(14-16-24)11-12-23-10-4-7-20(18-23)8-9-21-17-20/h1-3,5-6,21H,4,7-18H2/t20-/m1/s1. The first kappa shape index (κ1) is 16.4. The number of hydrogen-bond donors (Lipinski definition) is 1. The Morgan fingerprint density at radius 2 is 1.67 bits per heavy atom. The fourth-order valence-electron chi connectivity index (χ4n) is 4.80. The Hall–Kier alpha value is -1.10. The van der Waals surface area contributed by atoms with E-state index < -0.39 is 0 Å². The van der Waals surface area contributed by atoms with Gasteiger partial charge in [0.2, 0.25) is 0 Å². The van der Waals surface area contributed by atoms with Crippen LogP contribution in [0.5, 0.6) is 0 Å². The molecule has 0 aromatic heterocycles. The third-order valence-corrected chi connectivity index (χ3v) is 6.30. The number of piperazine rings is 1. The number of nitrogens with zero attached hydrogens (tertiary/aromatic N) is 3. The maximum absolute atomic E-state index is 3.59. The molecule has 3 aliphatic heterocycles. The van der Waals surface area contributed by atoms with E-state index in [0.717, 1.165) is 13.1 Å². The molecule has 3 aliphatic rings. The molecule has 0 bridgehead atoms. The Bertz CT molecular complexity index is 504. The van der Waals surface area contributed by atoms with Crippen LogP contribution in [0.25, 0.3) is 0 Å². The molecule has 0 radical (unpaired) electrons. The van der Waals surface area contributed by atoms with Crippen LogP contribution in [0.2, 0.25) is 0 Å². The van der Waals surface area contributed by atoms with Gasteiger partial charge in [0.25, 0.3) is 0 Å². The van der Waals surface area contributed by atoms with E-state index in [1.165, 1.54) is 77.3 Å². The lowest BCUT2D eigenvalue weighted by Gasteiger charge is -2.42. The molecule has 1 aromatic rings. The van der Waals surface area contributed by atoms with Crippen molar-refractivity contribution < 1.29 is 0 Å². The van der Waals surface area contributed by atoms with Crippen molar-refractivity contribution in [3.8, 4) is 0 Å². The normalized spacial score (nSPS) is 29.4. The van der Waals surface area contributed by atoms with Gasteiger partial charge in [-0.25, -0.2) is 0 Å². The minimum Gasteiger partial charge on any atom is -0.369 e. The first-order valence-corrected chi connectivity index (χ1v) is 9.79. The number of hydrogen-bond acceptors (Lipinski definition) is 4. The Labute approximate surface area is 146 Å². The number of piperidine rings is 1. The number of para-hydroxylation sites is 1. The molecule has 1 aromatic carbocycles. The summed E-state index contributed by atoms with van der Waals surface area (Å²) in [6.45, 7) is 12.4. The maximum atomic E-state index is 3.59. The lowest BCUT2D eigenvalue weighted by Crippen LogP contribution is -2.50. The van der Waals surface area contributed by atoms with Crippen LogP contribution in [0.1, 0.15) is 19.3 Å². The Morgan fingerprint density at radius 1 is 0.875 bits per heavy atom. The molecule has 3 fully saturated rings. The van der Waals surface area contributed by atoms with Gasteiger partial charge in [-0.1, -0.05) is 18.2 Å². The van der Waals surface area contributed by atoms with Crippen molar-refractivity contribution in [2.45, 2.75) is 19.3 Å². The fraction of sp³-hybridized carbons (Fsp3) is 0.700. The lowest BCUT2D eigenvalue weighted by atomic mass is 9.79. The largest absolute Gasteiger partial charge is 0.369 e. The third kappa shape index (κ3) is 3.76. The van der Waals surface area contributed by atoms with Crippen molar-refractivity contribution in [1.82, 2.24) is 15.1 Å². The van der Waals surface area contributed by atoms with Gasteiger partial charge in [0.15, 0.2) is 0 Å². The molecule has 0 amide bonds. The van der Waals surface area contributed by atoms with Crippen molar-refractivity contribution in [2.75, 3.05) is 70.3 Å². The molecule has 4 nitrogen and oxygen atoms in total. The fourth-order valence-corrected chi connectivity index (χ4v) is 4.80. The molecule has 4 rings (SSSR count). The minimum absolute atomic E-state index is 0.601. The summed E-state index contributed by atoms with van der Waals surface area (Å²) in [6, 6.07) is 10.9. The van der Waals surface area contributed by atoms with Crippen LogP contribution in [-0.2, 0) is 0 Å². The van der Waals surface area contributed by atoms with E-state index >= 15 is 0 Å². The van der Waals surface area contributed by atoms with Crippen LogP contribution >= 0.6 is 0 Å². The second-order valence-corrected chi connectivity index (χ2v) is 7.97. The predicted octanol–water partition coefficient (Wildman–Crippen LogP) is 1.88. The summed E-state index contributed by atoms with van der Waals surface area (Å²) in [5.41, 5.74) is 1.98. The monoisotopic (exact) mass is 328 g/mol. The molecule has 3 heterocycles. The van der Waals surface area contributed by atoms with E-state index in [2.05, 4.69) is 50.3 Å². The first-order valence-electron chi connectivity index (χ1n) is 9.79. The van der Waals surface area contributed by atoms with Gasteiger partial charge < -0.3 is 15.1 Å². The molecule has 1 spiro atoms. The van der Waals surface area contributed by atoms with E-state index in [0.29, 0.717) is 5.41 Å².